The lowest BCUT2D eigenvalue weighted by Crippen LogP contribution is -1.99. The summed E-state index contributed by atoms with van der Waals surface area (Å²) < 4.78 is 11.4. The van der Waals surface area contributed by atoms with E-state index in [1.165, 1.54) is 0 Å². The van der Waals surface area contributed by atoms with Gasteiger partial charge in [0.05, 0.1) is 22.4 Å². The van der Waals surface area contributed by atoms with Crippen LogP contribution in [0.15, 0.2) is 109 Å². The van der Waals surface area contributed by atoms with E-state index in [4.69, 9.17) is 9.47 Å². The third-order valence-corrected chi connectivity index (χ3v) is 6.37. The molecule has 200 valence electrons. The van der Waals surface area contributed by atoms with Crippen LogP contribution in [0.3, 0.4) is 0 Å². The second-order valence-electron chi connectivity index (χ2n) is 9.47. The summed E-state index contributed by atoms with van der Waals surface area (Å²) in [7, 11) is 0. The number of ether oxygens (including phenoxy) is 2. The number of phenols is 2. The molecule has 40 heavy (non-hydrogen) atoms. The molecular formula is C34H30N2O4. The minimum absolute atomic E-state index is 0.214. The van der Waals surface area contributed by atoms with Crippen LogP contribution in [0.1, 0.15) is 22.5 Å². The van der Waals surface area contributed by atoms with Crippen LogP contribution in [0.25, 0.3) is 21.8 Å². The average molecular weight is 531 g/mol. The second-order valence-corrected chi connectivity index (χ2v) is 9.47. The SMILES string of the molecule is Cc1c(O)cccc1OCc1ccc2ccccc2n1.Cc1cc(O)cc(OCc2ccc3ccccc3n2)c1. The zero-order valence-electron chi connectivity index (χ0n) is 22.4. The molecule has 0 aliphatic carbocycles. The van der Waals surface area contributed by atoms with Crippen LogP contribution in [0.2, 0.25) is 0 Å². The quantitative estimate of drug-likeness (QED) is 0.230. The van der Waals surface area contributed by atoms with Gasteiger partial charge in [-0.25, -0.2) is 9.97 Å². The minimum atomic E-state index is 0.214. The summed E-state index contributed by atoms with van der Waals surface area (Å²) in [5.74, 6) is 1.79. The van der Waals surface area contributed by atoms with Crippen molar-refractivity contribution in [3.8, 4) is 23.0 Å². The van der Waals surface area contributed by atoms with E-state index in [1.54, 1.807) is 24.3 Å². The molecule has 0 aliphatic heterocycles. The molecule has 0 fully saturated rings. The van der Waals surface area contributed by atoms with Crippen molar-refractivity contribution in [3.05, 3.63) is 132 Å². The van der Waals surface area contributed by atoms with Gasteiger partial charge < -0.3 is 19.7 Å². The third kappa shape index (κ3) is 6.66. The molecule has 6 rings (SSSR count). The summed E-state index contributed by atoms with van der Waals surface area (Å²) in [6, 6.07) is 34.4. The number of benzene rings is 4. The molecule has 0 saturated heterocycles. The number of aromatic nitrogens is 2. The number of nitrogens with zero attached hydrogens (tertiary/aromatic N) is 2. The first kappa shape index (κ1) is 26.5. The van der Waals surface area contributed by atoms with Gasteiger partial charge in [-0.3, -0.25) is 0 Å². The minimum Gasteiger partial charge on any atom is -0.508 e. The summed E-state index contributed by atoms with van der Waals surface area (Å²) in [5.41, 5.74) is 5.36. The van der Waals surface area contributed by atoms with E-state index in [0.717, 1.165) is 44.3 Å². The van der Waals surface area contributed by atoms with Crippen molar-refractivity contribution in [3.63, 3.8) is 0 Å². The fourth-order valence-corrected chi connectivity index (χ4v) is 4.26. The van der Waals surface area contributed by atoms with Crippen LogP contribution in [-0.2, 0) is 13.2 Å². The number of pyridine rings is 2. The van der Waals surface area contributed by atoms with Crippen molar-refractivity contribution in [1.29, 1.82) is 0 Å². The molecule has 2 heterocycles. The van der Waals surface area contributed by atoms with E-state index >= 15 is 0 Å². The van der Waals surface area contributed by atoms with Crippen LogP contribution >= 0.6 is 0 Å². The first-order valence-electron chi connectivity index (χ1n) is 13.0. The van der Waals surface area contributed by atoms with Gasteiger partial charge in [0.15, 0.2) is 0 Å². The molecule has 0 bridgehead atoms. The van der Waals surface area contributed by atoms with E-state index in [2.05, 4.69) is 9.97 Å². The molecular weight excluding hydrogens is 500 g/mol. The van der Waals surface area contributed by atoms with Crippen LogP contribution in [0, 0.1) is 13.8 Å². The summed E-state index contributed by atoms with van der Waals surface area (Å²) in [4.78, 5) is 9.10. The standard InChI is InChI=1S/2C17H15NO2/c1-12-16(19)7-4-8-17(12)20-11-14-10-9-13-5-2-3-6-15(13)18-14;1-12-8-15(19)10-16(9-12)20-11-14-7-6-13-4-2-3-5-17(13)18-14/h2*2-10,19H,11H2,1H3. The van der Waals surface area contributed by atoms with Crippen molar-refractivity contribution >= 4 is 21.8 Å². The van der Waals surface area contributed by atoms with E-state index in [9.17, 15) is 10.2 Å². The summed E-state index contributed by atoms with van der Waals surface area (Å²) >= 11 is 0. The van der Waals surface area contributed by atoms with Gasteiger partial charge in [0.25, 0.3) is 0 Å². The highest BCUT2D eigenvalue weighted by Gasteiger charge is 2.05. The molecule has 0 saturated carbocycles. The summed E-state index contributed by atoms with van der Waals surface area (Å²) in [6.45, 7) is 4.52. The highest BCUT2D eigenvalue weighted by atomic mass is 16.5. The van der Waals surface area contributed by atoms with Gasteiger partial charge in [0, 0.05) is 22.4 Å². The Hall–Kier alpha value is -5.10. The maximum atomic E-state index is 9.64. The predicted molar refractivity (Wildman–Crippen MR) is 158 cm³/mol. The number of rotatable bonds is 6. The van der Waals surface area contributed by atoms with E-state index in [1.807, 2.05) is 98.8 Å². The molecule has 4 aromatic carbocycles. The molecule has 6 heteroatoms. The van der Waals surface area contributed by atoms with Crippen molar-refractivity contribution in [2.45, 2.75) is 27.1 Å². The second kappa shape index (κ2) is 12.2. The lowest BCUT2D eigenvalue weighted by molar-refractivity contribution is 0.297. The molecule has 0 atom stereocenters. The summed E-state index contributed by atoms with van der Waals surface area (Å²) in [5, 5.41) is 21.4. The Bertz CT molecular complexity index is 1750. The van der Waals surface area contributed by atoms with E-state index < -0.39 is 0 Å². The third-order valence-electron chi connectivity index (χ3n) is 6.37. The predicted octanol–water partition coefficient (Wildman–Crippen LogP) is 7.66. The number of para-hydroxylation sites is 2. The number of fused-ring (bicyclic) bond motifs is 2. The van der Waals surface area contributed by atoms with Gasteiger partial charge in [-0.1, -0.05) is 54.6 Å². The largest absolute Gasteiger partial charge is 0.508 e. The molecule has 6 nitrogen and oxygen atoms in total. The lowest BCUT2D eigenvalue weighted by Gasteiger charge is -2.10. The molecule has 0 unspecified atom stereocenters. The molecule has 0 amide bonds. The van der Waals surface area contributed by atoms with Gasteiger partial charge in [0.2, 0.25) is 0 Å². The van der Waals surface area contributed by atoms with E-state index in [-0.39, 0.29) is 11.5 Å². The number of phenolic OH excluding ortho intramolecular Hbond substituents is 2. The topological polar surface area (TPSA) is 84.7 Å². The van der Waals surface area contributed by atoms with Crippen molar-refractivity contribution in [2.75, 3.05) is 0 Å². The van der Waals surface area contributed by atoms with Crippen LogP contribution < -0.4 is 9.47 Å². The molecule has 0 spiro atoms. The molecule has 0 aliphatic rings. The monoisotopic (exact) mass is 530 g/mol. The Labute approximate surface area is 233 Å². The lowest BCUT2D eigenvalue weighted by atomic mass is 10.2. The molecule has 6 aromatic rings. The maximum absolute atomic E-state index is 9.64. The zero-order valence-corrected chi connectivity index (χ0v) is 22.4. The van der Waals surface area contributed by atoms with Gasteiger partial charge in [-0.15, -0.1) is 0 Å². The van der Waals surface area contributed by atoms with E-state index in [0.29, 0.717) is 24.7 Å². The van der Waals surface area contributed by atoms with Crippen LogP contribution in [0.5, 0.6) is 23.0 Å². The molecule has 2 aromatic heterocycles. The Morgan fingerprint density at radius 2 is 1.20 bits per heavy atom. The Balaban J connectivity index is 0.000000161. The first-order valence-corrected chi connectivity index (χ1v) is 13.0. The highest BCUT2D eigenvalue weighted by molar-refractivity contribution is 5.79. The van der Waals surface area contributed by atoms with Crippen molar-refractivity contribution in [1.82, 2.24) is 9.97 Å². The maximum Gasteiger partial charge on any atom is 0.130 e. The summed E-state index contributed by atoms with van der Waals surface area (Å²) in [6.07, 6.45) is 0. The normalized spacial score (nSPS) is 10.7. The number of aryl methyl sites for hydroxylation is 1. The van der Waals surface area contributed by atoms with Gasteiger partial charge in [0.1, 0.15) is 36.2 Å². The van der Waals surface area contributed by atoms with Crippen LogP contribution in [-0.4, -0.2) is 20.2 Å². The smallest absolute Gasteiger partial charge is 0.130 e. The number of hydrogen-bond donors (Lipinski definition) is 2. The highest BCUT2D eigenvalue weighted by Crippen LogP contribution is 2.27. The van der Waals surface area contributed by atoms with Crippen molar-refractivity contribution in [2.24, 2.45) is 0 Å². The number of aromatic hydroxyl groups is 2. The fraction of sp³-hybridized carbons (Fsp3) is 0.118. The Morgan fingerprint density at radius 3 is 1.82 bits per heavy atom. The van der Waals surface area contributed by atoms with Crippen LogP contribution in [0.4, 0.5) is 0 Å². The zero-order chi connectivity index (χ0) is 27.9. The Kier molecular flexibility index (Phi) is 8.07. The average Bonchev–Trinajstić information content (AvgIpc) is 2.96. The van der Waals surface area contributed by atoms with Gasteiger partial charge >= 0.3 is 0 Å². The van der Waals surface area contributed by atoms with Crippen molar-refractivity contribution < 1.29 is 19.7 Å². The van der Waals surface area contributed by atoms with Gasteiger partial charge in [-0.05, 0) is 67.9 Å². The first-order chi connectivity index (χ1) is 19.4. The number of hydrogen-bond acceptors (Lipinski definition) is 6. The van der Waals surface area contributed by atoms with Gasteiger partial charge in [-0.2, -0.15) is 0 Å². The fourth-order valence-electron chi connectivity index (χ4n) is 4.26. The molecule has 0 radical (unpaired) electrons. The Morgan fingerprint density at radius 1 is 0.600 bits per heavy atom. The molecule has 2 N–H and O–H groups in total.